The van der Waals surface area contributed by atoms with Gasteiger partial charge in [0.25, 0.3) is 0 Å². The third-order valence-electron chi connectivity index (χ3n) is 5.56. The fourth-order valence-electron chi connectivity index (χ4n) is 3.64. The molecule has 8 heteroatoms. The van der Waals surface area contributed by atoms with E-state index >= 15 is 0 Å². The molecule has 1 aliphatic carbocycles. The van der Waals surface area contributed by atoms with E-state index in [0.717, 1.165) is 44.9 Å². The van der Waals surface area contributed by atoms with Crippen LogP contribution in [0.15, 0.2) is 0 Å². The van der Waals surface area contributed by atoms with Crippen LogP contribution >= 0.6 is 0 Å². The Bertz CT molecular complexity index is 483. The second kappa shape index (κ2) is 16.7. The van der Waals surface area contributed by atoms with Gasteiger partial charge in [-0.15, -0.1) is 0 Å². The van der Waals surface area contributed by atoms with Crippen molar-refractivity contribution in [3.63, 3.8) is 0 Å². The Hall–Kier alpha value is -2.12. The highest BCUT2D eigenvalue weighted by Crippen LogP contribution is 2.36. The highest BCUT2D eigenvalue weighted by atomic mass is 16.4. The first-order valence-electron chi connectivity index (χ1n) is 11.1. The van der Waals surface area contributed by atoms with Crippen LogP contribution in [0.2, 0.25) is 0 Å². The van der Waals surface area contributed by atoms with E-state index in [1.54, 1.807) is 0 Å². The number of unbranched alkanes of at least 4 members (excludes halogenated alkanes) is 9. The average Bonchev–Trinajstić information content (AvgIpc) is 2.69. The van der Waals surface area contributed by atoms with Gasteiger partial charge in [0.15, 0.2) is 5.41 Å². The van der Waals surface area contributed by atoms with Gasteiger partial charge in [-0.25, -0.2) is 0 Å². The quantitative estimate of drug-likeness (QED) is 0.211. The van der Waals surface area contributed by atoms with Gasteiger partial charge in [-0.05, 0) is 25.7 Å². The van der Waals surface area contributed by atoms with Crippen LogP contribution in [0.1, 0.15) is 109 Å². The molecule has 0 aromatic rings. The maximum Gasteiger partial charge on any atom is 0.321 e. The molecule has 8 nitrogen and oxygen atoms in total. The fraction of sp³-hybridized carbons (Fsp3) is 0.818. The molecule has 0 atom stereocenters. The minimum absolute atomic E-state index is 0.275. The van der Waals surface area contributed by atoms with Gasteiger partial charge in [-0.1, -0.05) is 70.6 Å². The fourth-order valence-corrected chi connectivity index (χ4v) is 3.64. The van der Waals surface area contributed by atoms with Gasteiger partial charge in [0.2, 0.25) is 0 Å². The van der Waals surface area contributed by atoms with Crippen molar-refractivity contribution in [2.75, 3.05) is 0 Å². The van der Waals surface area contributed by atoms with Gasteiger partial charge in [0.1, 0.15) is 0 Å². The van der Waals surface area contributed by atoms with Gasteiger partial charge in [0.05, 0.1) is 0 Å². The van der Waals surface area contributed by atoms with Crippen molar-refractivity contribution in [1.29, 1.82) is 0 Å². The molecule has 1 rings (SSSR count). The molecule has 0 aromatic carbocycles. The van der Waals surface area contributed by atoms with E-state index in [9.17, 15) is 19.2 Å². The number of hydrogen-bond acceptors (Lipinski definition) is 4. The van der Waals surface area contributed by atoms with Gasteiger partial charge < -0.3 is 20.4 Å². The van der Waals surface area contributed by atoms with Gasteiger partial charge >= 0.3 is 23.9 Å². The summed E-state index contributed by atoms with van der Waals surface area (Å²) in [6.07, 6.45) is 14.2. The molecule has 1 fully saturated rings. The molecule has 0 aromatic heterocycles. The lowest BCUT2D eigenvalue weighted by atomic mass is 9.74. The van der Waals surface area contributed by atoms with Crippen LogP contribution in [-0.2, 0) is 19.2 Å². The monoisotopic (exact) mass is 430 g/mol. The summed E-state index contributed by atoms with van der Waals surface area (Å²) in [6.45, 7) is 0. The molecule has 0 unspecified atom stereocenters. The first-order valence-corrected chi connectivity index (χ1v) is 11.1. The Morgan fingerprint density at radius 3 is 1.03 bits per heavy atom. The Kier molecular flexibility index (Phi) is 15.5. The van der Waals surface area contributed by atoms with Crippen molar-refractivity contribution in [1.82, 2.24) is 0 Å². The van der Waals surface area contributed by atoms with Gasteiger partial charge in [-0.2, -0.15) is 0 Å². The number of hydrogen-bond donors (Lipinski definition) is 4. The van der Waals surface area contributed by atoms with Crippen LogP contribution in [0.5, 0.6) is 0 Å². The molecule has 1 aliphatic rings. The SMILES string of the molecule is O=C(O)C1(C(=O)O)CCCCC1.O=C(O)CCCCCCCCCCCCC(=O)O. The average molecular weight is 431 g/mol. The number of carboxylic acids is 4. The molecule has 0 bridgehead atoms. The Morgan fingerprint density at radius 1 is 0.500 bits per heavy atom. The molecule has 0 heterocycles. The zero-order valence-electron chi connectivity index (χ0n) is 17.9. The maximum atomic E-state index is 10.7. The molecule has 0 aliphatic heterocycles. The minimum atomic E-state index is -1.49. The van der Waals surface area contributed by atoms with Crippen molar-refractivity contribution >= 4 is 23.9 Å². The Morgan fingerprint density at radius 2 is 0.800 bits per heavy atom. The van der Waals surface area contributed by atoms with E-state index in [1.807, 2.05) is 0 Å². The molecule has 4 N–H and O–H groups in total. The van der Waals surface area contributed by atoms with E-state index < -0.39 is 29.3 Å². The summed E-state index contributed by atoms with van der Waals surface area (Å²) >= 11 is 0. The smallest absolute Gasteiger partial charge is 0.321 e. The molecular formula is C22H38O8. The summed E-state index contributed by atoms with van der Waals surface area (Å²) in [4.78, 5) is 42.0. The molecular weight excluding hydrogens is 392 g/mol. The first kappa shape index (κ1) is 27.9. The van der Waals surface area contributed by atoms with Crippen molar-refractivity contribution in [2.24, 2.45) is 5.41 Å². The highest BCUT2D eigenvalue weighted by molar-refractivity contribution is 5.98. The highest BCUT2D eigenvalue weighted by Gasteiger charge is 2.46. The number of rotatable bonds is 15. The van der Waals surface area contributed by atoms with Crippen LogP contribution in [0.4, 0.5) is 0 Å². The summed E-state index contributed by atoms with van der Waals surface area (Å²) in [5.74, 6) is -3.77. The number of carbonyl (C=O) groups is 4. The molecule has 0 radical (unpaired) electrons. The van der Waals surface area contributed by atoms with Crippen LogP contribution < -0.4 is 0 Å². The summed E-state index contributed by atoms with van der Waals surface area (Å²) in [6, 6.07) is 0. The standard InChI is InChI=1S/C14H26O4.C8H12O4/c15-13(16)11-9-7-5-3-1-2-4-6-8-10-12-14(17)18;9-6(10)8(7(11)12)4-2-1-3-5-8/h1-12H2,(H,15,16)(H,17,18);1-5H2,(H,9,10)(H,11,12). The third-order valence-corrected chi connectivity index (χ3v) is 5.56. The van der Waals surface area contributed by atoms with Gasteiger partial charge in [0, 0.05) is 12.8 Å². The third kappa shape index (κ3) is 13.2. The normalized spacial score (nSPS) is 14.9. The molecule has 0 saturated heterocycles. The van der Waals surface area contributed by atoms with Crippen LogP contribution in [0, 0.1) is 5.41 Å². The van der Waals surface area contributed by atoms with Crippen molar-refractivity contribution in [3.8, 4) is 0 Å². The zero-order valence-corrected chi connectivity index (χ0v) is 17.9. The van der Waals surface area contributed by atoms with E-state index in [2.05, 4.69) is 0 Å². The summed E-state index contributed by atoms with van der Waals surface area (Å²) < 4.78 is 0. The lowest BCUT2D eigenvalue weighted by molar-refractivity contribution is -0.167. The predicted molar refractivity (Wildman–Crippen MR) is 111 cm³/mol. The summed E-state index contributed by atoms with van der Waals surface area (Å²) in [5.41, 5.74) is -1.49. The second-order valence-corrected chi connectivity index (χ2v) is 8.08. The maximum absolute atomic E-state index is 10.7. The summed E-state index contributed by atoms with van der Waals surface area (Å²) in [7, 11) is 0. The molecule has 174 valence electrons. The Balaban J connectivity index is 0.000000604. The van der Waals surface area contributed by atoms with Crippen LogP contribution in [-0.4, -0.2) is 44.3 Å². The molecule has 0 spiro atoms. The van der Waals surface area contributed by atoms with Crippen molar-refractivity contribution in [3.05, 3.63) is 0 Å². The summed E-state index contributed by atoms with van der Waals surface area (Å²) in [5, 5.41) is 34.5. The minimum Gasteiger partial charge on any atom is -0.481 e. The van der Waals surface area contributed by atoms with Crippen molar-refractivity contribution < 1.29 is 39.6 Å². The first-order chi connectivity index (χ1) is 14.2. The van der Waals surface area contributed by atoms with Crippen molar-refractivity contribution in [2.45, 2.75) is 109 Å². The topological polar surface area (TPSA) is 149 Å². The lowest BCUT2D eigenvalue weighted by Gasteiger charge is -2.28. The van der Waals surface area contributed by atoms with Gasteiger partial charge in [-0.3, -0.25) is 19.2 Å². The van der Waals surface area contributed by atoms with Crippen LogP contribution in [0.3, 0.4) is 0 Å². The molecule has 30 heavy (non-hydrogen) atoms. The lowest BCUT2D eigenvalue weighted by Crippen LogP contribution is -2.40. The zero-order chi connectivity index (χ0) is 22.8. The molecule has 1 saturated carbocycles. The predicted octanol–water partition coefficient (Wildman–Crippen LogP) is 4.94. The van der Waals surface area contributed by atoms with Crippen LogP contribution in [0.25, 0.3) is 0 Å². The van der Waals surface area contributed by atoms with E-state index in [4.69, 9.17) is 20.4 Å². The molecule has 0 amide bonds. The number of carboxylic acid groups (broad SMARTS) is 4. The van der Waals surface area contributed by atoms with E-state index in [1.165, 1.54) is 25.7 Å². The second-order valence-electron chi connectivity index (χ2n) is 8.08. The van der Waals surface area contributed by atoms with E-state index in [-0.39, 0.29) is 12.8 Å². The number of aliphatic carboxylic acids is 4. The Labute approximate surface area is 178 Å². The van der Waals surface area contributed by atoms with E-state index in [0.29, 0.717) is 25.7 Å². The largest absolute Gasteiger partial charge is 0.481 e.